The molecule has 0 saturated heterocycles. The van der Waals surface area contributed by atoms with E-state index in [0.29, 0.717) is 12.1 Å². The third kappa shape index (κ3) is 10.2. The Morgan fingerprint density at radius 1 is 0.577 bits per heavy atom. The highest BCUT2D eigenvalue weighted by Gasteiger charge is 2.23. The minimum atomic E-state index is 0. The largest absolute Gasteiger partial charge is 1.00 e. The number of hydrogen-bond donors (Lipinski definition) is 0. The fourth-order valence-corrected chi connectivity index (χ4v) is 7.55. The summed E-state index contributed by atoms with van der Waals surface area (Å²) < 4.78 is 6.30. The van der Waals surface area contributed by atoms with E-state index in [1.165, 1.54) is 95.5 Å². The molecule has 3 heterocycles. The Morgan fingerprint density at radius 3 is 1.71 bits per heavy atom. The third-order valence-electron chi connectivity index (χ3n) is 10.3. The standard InChI is InChI=1S/C46H57N4O.ClH/c1-2-3-4-5-6-7-8-9-10-11-12-13-14-15-16-25-35-49-41-32-23-24-33-42(41)50-44(46(49)51)43(39-29-21-18-22-30-39)47-45(50)40-31-26-34-48(37-40)36-38-27-19-17-20-28-38;/h17-24,26-34,37H,2-16,25,35-36H2,1H3;1H/q+1;/p-1. The number of aromatic nitrogens is 4. The van der Waals surface area contributed by atoms with E-state index in [1.54, 1.807) is 0 Å². The summed E-state index contributed by atoms with van der Waals surface area (Å²) in [7, 11) is 0. The van der Waals surface area contributed by atoms with E-state index in [0.717, 1.165) is 53.1 Å². The topological polar surface area (TPSA) is 43.2 Å². The highest BCUT2D eigenvalue weighted by molar-refractivity contribution is 5.88. The second-order valence-electron chi connectivity index (χ2n) is 14.3. The van der Waals surface area contributed by atoms with E-state index in [1.807, 2.05) is 34.9 Å². The summed E-state index contributed by atoms with van der Waals surface area (Å²) in [6, 6.07) is 33.2. The Morgan fingerprint density at radius 2 is 1.10 bits per heavy atom. The first-order chi connectivity index (χ1) is 25.2. The molecule has 0 atom stereocenters. The lowest BCUT2D eigenvalue weighted by Crippen LogP contribution is -3.00. The van der Waals surface area contributed by atoms with Crippen LogP contribution in [0.15, 0.2) is 114 Å². The Kier molecular flexibility index (Phi) is 15.5. The highest BCUT2D eigenvalue weighted by Crippen LogP contribution is 2.31. The van der Waals surface area contributed by atoms with Gasteiger partial charge in [-0.1, -0.05) is 176 Å². The Balaban J connectivity index is 0.00000523. The number of imidazole rings is 1. The summed E-state index contributed by atoms with van der Waals surface area (Å²) in [5.74, 6) is 0.786. The first-order valence-electron chi connectivity index (χ1n) is 19.9. The molecule has 6 rings (SSSR count). The highest BCUT2D eigenvalue weighted by atomic mass is 35.5. The number of hydrogen-bond acceptors (Lipinski definition) is 2. The third-order valence-corrected chi connectivity index (χ3v) is 10.3. The molecule has 0 saturated carbocycles. The second-order valence-corrected chi connectivity index (χ2v) is 14.3. The number of benzene rings is 3. The molecule has 274 valence electrons. The summed E-state index contributed by atoms with van der Waals surface area (Å²) in [4.78, 5) is 19.8. The van der Waals surface area contributed by atoms with Crippen LogP contribution in [0.4, 0.5) is 0 Å². The van der Waals surface area contributed by atoms with Crippen LogP contribution in [0.1, 0.15) is 115 Å². The lowest BCUT2D eigenvalue weighted by molar-refractivity contribution is -0.687. The van der Waals surface area contributed by atoms with Crippen LogP contribution in [0.3, 0.4) is 0 Å². The van der Waals surface area contributed by atoms with Gasteiger partial charge in [-0.25, -0.2) is 9.55 Å². The number of pyridine rings is 1. The number of rotatable bonds is 21. The van der Waals surface area contributed by atoms with Crippen molar-refractivity contribution in [2.75, 3.05) is 0 Å². The maximum Gasteiger partial charge on any atom is 0.277 e. The molecule has 0 aliphatic rings. The van der Waals surface area contributed by atoms with E-state index in [4.69, 9.17) is 4.98 Å². The molecule has 0 fully saturated rings. The van der Waals surface area contributed by atoms with Gasteiger partial charge in [-0.2, -0.15) is 0 Å². The Labute approximate surface area is 317 Å². The maximum atomic E-state index is 14.6. The van der Waals surface area contributed by atoms with Crippen molar-refractivity contribution in [3.63, 3.8) is 0 Å². The van der Waals surface area contributed by atoms with Crippen LogP contribution in [0.25, 0.3) is 39.2 Å². The van der Waals surface area contributed by atoms with Gasteiger partial charge in [-0.15, -0.1) is 0 Å². The molecule has 0 unspecified atom stereocenters. The summed E-state index contributed by atoms with van der Waals surface area (Å²) in [5.41, 5.74) is 6.54. The molecule has 0 bridgehead atoms. The lowest BCUT2D eigenvalue weighted by atomic mass is 10.0. The van der Waals surface area contributed by atoms with Crippen LogP contribution < -0.4 is 22.5 Å². The number of nitrogens with zero attached hydrogens (tertiary/aromatic N) is 4. The van der Waals surface area contributed by atoms with Crippen molar-refractivity contribution in [2.45, 2.75) is 123 Å². The van der Waals surface area contributed by atoms with Gasteiger partial charge in [0.05, 0.1) is 16.6 Å². The smallest absolute Gasteiger partial charge is 0.277 e. The van der Waals surface area contributed by atoms with Crippen molar-refractivity contribution in [1.82, 2.24) is 14.0 Å². The first kappa shape index (κ1) is 39.0. The molecule has 0 aliphatic carbocycles. The molecule has 6 aromatic rings. The van der Waals surface area contributed by atoms with E-state index in [9.17, 15) is 4.79 Å². The molecule has 52 heavy (non-hydrogen) atoms. The minimum Gasteiger partial charge on any atom is -1.00 e. The van der Waals surface area contributed by atoms with Gasteiger partial charge >= 0.3 is 0 Å². The SMILES string of the molecule is CCCCCCCCCCCCCCCCCCn1c(=O)c2c(-c3ccccc3)nc(-c3ccc[n+](Cc4ccccc4)c3)n2c2ccccc21.[Cl-]. The van der Waals surface area contributed by atoms with Gasteiger partial charge in [0.1, 0.15) is 11.2 Å². The summed E-state index contributed by atoms with van der Waals surface area (Å²) >= 11 is 0. The molecule has 0 N–H and O–H groups in total. The van der Waals surface area contributed by atoms with Gasteiger partial charge in [0.15, 0.2) is 24.8 Å². The van der Waals surface area contributed by atoms with Crippen LogP contribution >= 0.6 is 0 Å². The van der Waals surface area contributed by atoms with Gasteiger partial charge in [-0.05, 0) is 24.6 Å². The molecule has 0 spiro atoms. The second kappa shape index (κ2) is 20.7. The van der Waals surface area contributed by atoms with E-state index < -0.39 is 0 Å². The van der Waals surface area contributed by atoms with E-state index >= 15 is 0 Å². The van der Waals surface area contributed by atoms with E-state index in [-0.39, 0.29) is 18.0 Å². The number of aryl methyl sites for hydroxylation is 1. The molecular weight excluding hydrogens is 660 g/mol. The number of fused-ring (bicyclic) bond motifs is 3. The fourth-order valence-electron chi connectivity index (χ4n) is 7.55. The number of unbranched alkanes of at least 4 members (excludes halogenated alkanes) is 15. The van der Waals surface area contributed by atoms with Crippen LogP contribution in [0.5, 0.6) is 0 Å². The molecule has 5 nitrogen and oxygen atoms in total. The molecule has 3 aromatic carbocycles. The number of para-hydroxylation sites is 2. The quantitative estimate of drug-likeness (QED) is 0.0554. The Bertz CT molecular complexity index is 2000. The minimum absolute atomic E-state index is 0. The van der Waals surface area contributed by atoms with Crippen molar-refractivity contribution in [3.05, 3.63) is 125 Å². The van der Waals surface area contributed by atoms with Gasteiger partial charge in [0.2, 0.25) is 0 Å². The predicted octanol–water partition coefficient (Wildman–Crippen LogP) is 8.58. The van der Waals surface area contributed by atoms with Crippen LogP contribution in [-0.4, -0.2) is 14.0 Å². The normalized spacial score (nSPS) is 11.3. The summed E-state index contributed by atoms with van der Waals surface area (Å²) in [6.45, 7) is 3.76. The van der Waals surface area contributed by atoms with Crippen molar-refractivity contribution in [3.8, 4) is 22.6 Å². The van der Waals surface area contributed by atoms with Gasteiger partial charge in [0.25, 0.3) is 5.56 Å². The lowest BCUT2D eigenvalue weighted by Gasteiger charge is -2.14. The number of halogens is 1. The molecule has 0 aliphatic heterocycles. The fraction of sp³-hybridized carbons (Fsp3) is 0.413. The van der Waals surface area contributed by atoms with Crippen molar-refractivity contribution in [1.29, 1.82) is 0 Å². The van der Waals surface area contributed by atoms with Gasteiger partial charge < -0.3 is 17.0 Å². The molecule has 6 heteroatoms. The molecule has 3 aromatic heterocycles. The van der Waals surface area contributed by atoms with Gasteiger partial charge in [0, 0.05) is 23.7 Å². The first-order valence-corrected chi connectivity index (χ1v) is 19.9. The van der Waals surface area contributed by atoms with Crippen molar-refractivity contribution in [2.24, 2.45) is 0 Å². The maximum absolute atomic E-state index is 14.6. The van der Waals surface area contributed by atoms with Crippen LogP contribution in [0.2, 0.25) is 0 Å². The summed E-state index contributed by atoms with van der Waals surface area (Å²) in [5, 5.41) is 0. The molecule has 0 amide bonds. The Hall–Kier alpha value is -4.22. The molecule has 0 radical (unpaired) electrons. The zero-order chi connectivity index (χ0) is 35.1. The average molecular weight is 717 g/mol. The van der Waals surface area contributed by atoms with Crippen LogP contribution in [-0.2, 0) is 13.1 Å². The van der Waals surface area contributed by atoms with Crippen molar-refractivity contribution >= 4 is 16.6 Å². The zero-order valence-electron chi connectivity index (χ0n) is 31.2. The van der Waals surface area contributed by atoms with Gasteiger partial charge in [-0.3, -0.25) is 9.20 Å². The molecular formula is C46H57ClN4O. The predicted molar refractivity (Wildman–Crippen MR) is 213 cm³/mol. The van der Waals surface area contributed by atoms with Crippen LogP contribution in [0, 0.1) is 0 Å². The average Bonchev–Trinajstić information content (AvgIpc) is 3.58. The summed E-state index contributed by atoms with van der Waals surface area (Å²) in [6.07, 6.45) is 25.6. The monoisotopic (exact) mass is 716 g/mol. The zero-order valence-corrected chi connectivity index (χ0v) is 32.0. The van der Waals surface area contributed by atoms with E-state index in [2.05, 4.69) is 95.0 Å². The van der Waals surface area contributed by atoms with Crippen molar-refractivity contribution < 1.29 is 17.0 Å².